The van der Waals surface area contributed by atoms with Crippen molar-refractivity contribution >= 4 is 29.0 Å². The molecular weight excluding hydrogens is 300 g/mol. The molecule has 2 aromatic rings. The van der Waals surface area contributed by atoms with Crippen molar-refractivity contribution in [2.45, 2.75) is 6.92 Å². The summed E-state index contributed by atoms with van der Waals surface area (Å²) in [6.45, 7) is 2.08. The van der Waals surface area contributed by atoms with E-state index in [1.165, 1.54) is 11.3 Å². The van der Waals surface area contributed by atoms with Gasteiger partial charge in [-0.25, -0.2) is 5.43 Å². The zero-order chi connectivity index (χ0) is 15.4. The summed E-state index contributed by atoms with van der Waals surface area (Å²) in [4.78, 5) is 12.4. The van der Waals surface area contributed by atoms with Crippen molar-refractivity contribution in [2.24, 2.45) is 5.10 Å². The van der Waals surface area contributed by atoms with Crippen LogP contribution in [0.4, 0.5) is 0 Å². The fourth-order valence-corrected chi connectivity index (χ4v) is 2.49. The predicted molar refractivity (Wildman–Crippen MR) is 86.5 cm³/mol. The Morgan fingerprint density at radius 2 is 2.18 bits per heavy atom. The van der Waals surface area contributed by atoms with Crippen LogP contribution in [0.3, 0.4) is 0 Å². The van der Waals surface area contributed by atoms with Crippen molar-refractivity contribution in [2.75, 3.05) is 6.79 Å². The Morgan fingerprint density at radius 3 is 3.00 bits per heavy atom. The van der Waals surface area contributed by atoms with E-state index in [2.05, 4.69) is 10.5 Å². The highest BCUT2D eigenvalue weighted by atomic mass is 32.1. The topological polar surface area (TPSA) is 59.9 Å². The van der Waals surface area contributed by atoms with Gasteiger partial charge in [0.15, 0.2) is 11.5 Å². The van der Waals surface area contributed by atoms with Gasteiger partial charge in [-0.2, -0.15) is 5.10 Å². The zero-order valence-electron chi connectivity index (χ0n) is 11.9. The fourth-order valence-electron chi connectivity index (χ4n) is 1.87. The first-order valence-corrected chi connectivity index (χ1v) is 7.56. The first-order valence-electron chi connectivity index (χ1n) is 6.68. The lowest BCUT2D eigenvalue weighted by Gasteiger charge is -1.99. The average molecular weight is 314 g/mol. The SMILES string of the molecule is CC(/C=C/c1ccc2c(c1)OCO2)=NNC(=O)c1cccs1. The van der Waals surface area contributed by atoms with Crippen LogP contribution in [0.1, 0.15) is 22.2 Å². The van der Waals surface area contributed by atoms with Crippen molar-refractivity contribution < 1.29 is 14.3 Å². The molecular formula is C16H14N2O3S. The van der Waals surface area contributed by atoms with Gasteiger partial charge in [0, 0.05) is 0 Å². The fraction of sp³-hybridized carbons (Fsp3) is 0.125. The van der Waals surface area contributed by atoms with Gasteiger partial charge in [-0.1, -0.05) is 18.2 Å². The number of hydrogen-bond donors (Lipinski definition) is 1. The summed E-state index contributed by atoms with van der Waals surface area (Å²) in [7, 11) is 0. The number of benzene rings is 1. The molecule has 112 valence electrons. The van der Waals surface area contributed by atoms with Crippen LogP contribution in [0, 0.1) is 0 Å². The molecule has 1 aliphatic heterocycles. The molecule has 1 aromatic carbocycles. The summed E-state index contributed by atoms with van der Waals surface area (Å²) in [5, 5.41) is 5.90. The van der Waals surface area contributed by atoms with Crippen LogP contribution in [-0.4, -0.2) is 18.4 Å². The molecule has 1 aliphatic rings. The molecule has 0 atom stereocenters. The first kappa shape index (κ1) is 14.3. The highest BCUT2D eigenvalue weighted by molar-refractivity contribution is 7.12. The van der Waals surface area contributed by atoms with Crippen molar-refractivity contribution in [1.29, 1.82) is 0 Å². The van der Waals surface area contributed by atoms with E-state index in [1.54, 1.807) is 6.07 Å². The minimum atomic E-state index is -0.203. The number of nitrogens with one attached hydrogen (secondary N) is 1. The third-order valence-electron chi connectivity index (χ3n) is 2.99. The van der Waals surface area contributed by atoms with E-state index < -0.39 is 0 Å². The third-order valence-corrected chi connectivity index (χ3v) is 3.86. The maximum absolute atomic E-state index is 11.8. The van der Waals surface area contributed by atoms with Gasteiger partial charge in [0.2, 0.25) is 6.79 Å². The van der Waals surface area contributed by atoms with Crippen LogP contribution in [0.5, 0.6) is 11.5 Å². The highest BCUT2D eigenvalue weighted by Gasteiger charge is 2.12. The molecule has 3 rings (SSSR count). The minimum Gasteiger partial charge on any atom is -0.454 e. The molecule has 1 amide bonds. The number of carbonyl (C=O) groups is 1. The number of amides is 1. The molecule has 0 radical (unpaired) electrons. The Morgan fingerprint density at radius 1 is 1.32 bits per heavy atom. The van der Waals surface area contributed by atoms with Crippen LogP contribution in [0.15, 0.2) is 46.9 Å². The summed E-state index contributed by atoms with van der Waals surface area (Å²) < 4.78 is 10.6. The molecule has 22 heavy (non-hydrogen) atoms. The van der Waals surface area contributed by atoms with Gasteiger partial charge in [-0.05, 0) is 42.1 Å². The molecule has 0 saturated carbocycles. The van der Waals surface area contributed by atoms with Crippen LogP contribution in [0.2, 0.25) is 0 Å². The van der Waals surface area contributed by atoms with E-state index >= 15 is 0 Å². The molecule has 1 N–H and O–H groups in total. The van der Waals surface area contributed by atoms with Crippen molar-refractivity contribution in [3.63, 3.8) is 0 Å². The number of hydrazone groups is 1. The molecule has 0 fully saturated rings. The maximum atomic E-state index is 11.8. The number of carbonyl (C=O) groups excluding carboxylic acids is 1. The Hall–Kier alpha value is -2.60. The number of allylic oxidation sites excluding steroid dienone is 1. The highest BCUT2D eigenvalue weighted by Crippen LogP contribution is 2.32. The van der Waals surface area contributed by atoms with E-state index in [0.717, 1.165) is 17.1 Å². The molecule has 5 nitrogen and oxygen atoms in total. The predicted octanol–water partition coefficient (Wildman–Crippen LogP) is 3.30. The number of ether oxygens (including phenoxy) is 2. The van der Waals surface area contributed by atoms with Crippen LogP contribution in [0.25, 0.3) is 6.08 Å². The summed E-state index contributed by atoms with van der Waals surface area (Å²) in [5.41, 5.74) is 4.20. The Bertz CT molecular complexity index is 736. The van der Waals surface area contributed by atoms with E-state index in [9.17, 15) is 4.79 Å². The summed E-state index contributed by atoms with van der Waals surface area (Å²) in [5.74, 6) is 1.29. The standard InChI is InChI=1S/C16H14N2O3S/c1-11(17-18-16(19)15-3-2-8-22-15)4-5-12-6-7-13-14(9-12)21-10-20-13/h2-9H,10H2,1H3,(H,18,19)/b5-4+,17-11?. The van der Waals surface area contributed by atoms with Gasteiger partial charge in [-0.15, -0.1) is 11.3 Å². The first-order chi connectivity index (χ1) is 10.7. The smallest absolute Gasteiger partial charge is 0.281 e. The minimum absolute atomic E-state index is 0.203. The molecule has 0 saturated heterocycles. The second-order valence-electron chi connectivity index (χ2n) is 4.62. The second-order valence-corrected chi connectivity index (χ2v) is 5.57. The number of rotatable bonds is 4. The quantitative estimate of drug-likeness (QED) is 0.696. The van der Waals surface area contributed by atoms with Gasteiger partial charge >= 0.3 is 0 Å². The Labute approximate surface area is 131 Å². The number of nitrogens with zero attached hydrogens (tertiary/aromatic N) is 1. The average Bonchev–Trinajstić information content (AvgIpc) is 3.20. The molecule has 0 bridgehead atoms. The van der Waals surface area contributed by atoms with Gasteiger partial charge in [0.25, 0.3) is 5.91 Å². The number of thiophene rings is 1. The van der Waals surface area contributed by atoms with E-state index in [4.69, 9.17) is 9.47 Å². The van der Waals surface area contributed by atoms with Gasteiger partial charge in [0.1, 0.15) is 0 Å². The molecule has 0 unspecified atom stereocenters. The lowest BCUT2D eigenvalue weighted by molar-refractivity contribution is 0.0959. The van der Waals surface area contributed by atoms with E-state index in [-0.39, 0.29) is 12.7 Å². The van der Waals surface area contributed by atoms with Crippen LogP contribution >= 0.6 is 11.3 Å². The van der Waals surface area contributed by atoms with Gasteiger partial charge in [0.05, 0.1) is 10.6 Å². The zero-order valence-corrected chi connectivity index (χ0v) is 12.7. The maximum Gasteiger partial charge on any atom is 0.281 e. The summed E-state index contributed by atoms with van der Waals surface area (Å²) >= 11 is 1.38. The largest absolute Gasteiger partial charge is 0.454 e. The normalized spacial score (nSPS) is 13.6. The third kappa shape index (κ3) is 3.35. The molecule has 6 heteroatoms. The van der Waals surface area contributed by atoms with Crippen LogP contribution in [-0.2, 0) is 0 Å². The lowest BCUT2D eigenvalue weighted by Crippen LogP contribution is -2.17. The molecule has 0 aliphatic carbocycles. The van der Waals surface area contributed by atoms with Gasteiger partial charge in [-0.3, -0.25) is 4.79 Å². The Balaban J connectivity index is 1.62. The summed E-state index contributed by atoms with van der Waals surface area (Å²) in [6, 6.07) is 9.29. The summed E-state index contributed by atoms with van der Waals surface area (Å²) in [6.07, 6.45) is 3.73. The second kappa shape index (κ2) is 6.44. The Kier molecular flexibility index (Phi) is 4.20. The van der Waals surface area contributed by atoms with Gasteiger partial charge < -0.3 is 9.47 Å². The lowest BCUT2D eigenvalue weighted by atomic mass is 10.2. The van der Waals surface area contributed by atoms with E-state index in [0.29, 0.717) is 10.6 Å². The number of hydrogen-bond acceptors (Lipinski definition) is 5. The number of fused-ring (bicyclic) bond motifs is 1. The monoisotopic (exact) mass is 314 g/mol. The van der Waals surface area contributed by atoms with Crippen molar-refractivity contribution in [3.8, 4) is 11.5 Å². The van der Waals surface area contributed by atoms with Crippen molar-refractivity contribution in [1.82, 2.24) is 5.43 Å². The molecule has 0 spiro atoms. The molecule has 1 aromatic heterocycles. The van der Waals surface area contributed by atoms with Crippen molar-refractivity contribution in [3.05, 3.63) is 52.2 Å². The van der Waals surface area contributed by atoms with E-state index in [1.807, 2.05) is 48.7 Å². The van der Waals surface area contributed by atoms with Crippen LogP contribution < -0.4 is 14.9 Å². The molecule has 2 heterocycles.